The van der Waals surface area contributed by atoms with Crippen LogP contribution in [0.15, 0.2) is 96.2 Å². The molecule has 2 aliphatic heterocycles. The maximum absolute atomic E-state index is 14.0. The van der Waals surface area contributed by atoms with Gasteiger partial charge in [-0.25, -0.2) is 4.79 Å². The van der Waals surface area contributed by atoms with Gasteiger partial charge in [-0.05, 0) is 28.8 Å². The van der Waals surface area contributed by atoms with E-state index in [0.29, 0.717) is 22.3 Å². The van der Waals surface area contributed by atoms with E-state index >= 15 is 0 Å². The Kier molecular flexibility index (Phi) is 10.3. The van der Waals surface area contributed by atoms with Crippen LogP contribution in [0.5, 0.6) is 0 Å². The van der Waals surface area contributed by atoms with Gasteiger partial charge in [0.25, 0.3) is 17.3 Å². The average molecular weight is 662 g/mol. The van der Waals surface area contributed by atoms with Crippen molar-refractivity contribution in [2.45, 2.75) is 30.7 Å². The van der Waals surface area contributed by atoms with Gasteiger partial charge in [0, 0.05) is 37.5 Å². The number of fused-ring (bicyclic) bond motifs is 1. The summed E-state index contributed by atoms with van der Waals surface area (Å²) in [6.45, 7) is 0.548. The number of β-lactam (4-membered cyclic amide) rings is 1. The Morgan fingerprint density at radius 3 is 2.17 bits per heavy atom. The van der Waals surface area contributed by atoms with Gasteiger partial charge in [-0.2, -0.15) is 0 Å². The van der Waals surface area contributed by atoms with Gasteiger partial charge in [-0.1, -0.05) is 60.7 Å². The number of ether oxygens (including phenoxy) is 4. The number of hydrogen-bond donors (Lipinski definition) is 1. The lowest BCUT2D eigenvalue weighted by Crippen LogP contribution is -2.81. The molecule has 5 rings (SSSR count). The van der Waals surface area contributed by atoms with E-state index in [0.717, 1.165) is 0 Å². The second-order valence-electron chi connectivity index (χ2n) is 10.6. The fourth-order valence-electron chi connectivity index (χ4n) is 5.20. The minimum absolute atomic E-state index is 0.00806. The van der Waals surface area contributed by atoms with Crippen LogP contribution >= 0.6 is 11.8 Å². The number of nitrogens with one attached hydrogen (secondary N) is 1. The number of nitrogens with zero attached hydrogens (tertiary/aromatic N) is 2. The molecule has 2 atom stereocenters. The second kappa shape index (κ2) is 14.6. The predicted molar refractivity (Wildman–Crippen MR) is 168 cm³/mol. The first-order valence-corrected chi connectivity index (χ1v) is 15.5. The minimum Gasteiger partial charge on any atom is -0.461 e. The lowest BCUT2D eigenvalue weighted by Gasteiger charge is -2.56. The minimum atomic E-state index is -1.81. The van der Waals surface area contributed by atoms with Crippen molar-refractivity contribution in [3.05, 3.63) is 123 Å². The first-order chi connectivity index (χ1) is 22.6. The Bertz CT molecular complexity index is 1640. The molecular formula is C33H31N3O10S. The number of esters is 2. The molecule has 0 bridgehead atoms. The Labute approximate surface area is 274 Å². The Morgan fingerprint density at radius 2 is 1.62 bits per heavy atom. The van der Waals surface area contributed by atoms with Crippen LogP contribution in [0.2, 0.25) is 0 Å². The molecule has 0 aromatic heterocycles. The number of nitro groups is 1. The van der Waals surface area contributed by atoms with Crippen LogP contribution in [0.3, 0.4) is 0 Å². The number of thioether (sulfide) groups is 1. The van der Waals surface area contributed by atoms with Crippen LogP contribution in [0.25, 0.3) is 0 Å². The molecule has 2 amide bonds. The van der Waals surface area contributed by atoms with Crippen LogP contribution in [-0.2, 0) is 44.7 Å². The van der Waals surface area contributed by atoms with Crippen molar-refractivity contribution in [3.63, 3.8) is 0 Å². The third-order valence-corrected chi connectivity index (χ3v) is 8.85. The van der Waals surface area contributed by atoms with Gasteiger partial charge < -0.3 is 24.3 Å². The van der Waals surface area contributed by atoms with Crippen LogP contribution in [0.4, 0.5) is 5.69 Å². The smallest absolute Gasteiger partial charge is 0.356 e. The number of amides is 2. The Balaban J connectivity index is 1.34. The van der Waals surface area contributed by atoms with Gasteiger partial charge in [0.05, 0.1) is 11.5 Å². The topological polar surface area (TPSA) is 164 Å². The van der Waals surface area contributed by atoms with E-state index < -0.39 is 52.5 Å². The molecule has 0 aliphatic carbocycles. The van der Waals surface area contributed by atoms with Gasteiger partial charge in [-0.15, -0.1) is 11.8 Å². The van der Waals surface area contributed by atoms with Crippen LogP contribution in [0.1, 0.15) is 29.7 Å². The SMILES string of the molecule is CO[C@]1(NC(=O)COCc2ccc([N+](=O)[O-])cc2)C(=O)N2C(C(=O)OC(c3ccccc3)c3ccccc3)=C(COC(C)=O)CS[C@H]21. The molecular weight excluding hydrogens is 630 g/mol. The summed E-state index contributed by atoms with van der Waals surface area (Å²) in [5.74, 6) is -2.58. The maximum Gasteiger partial charge on any atom is 0.356 e. The number of carbonyl (C=O) groups is 4. The molecule has 13 nitrogen and oxygen atoms in total. The highest BCUT2D eigenvalue weighted by Crippen LogP contribution is 2.47. The van der Waals surface area contributed by atoms with E-state index in [1.165, 1.54) is 55.0 Å². The normalized spacial score (nSPS) is 18.7. The van der Waals surface area contributed by atoms with E-state index in [4.69, 9.17) is 18.9 Å². The summed E-state index contributed by atoms with van der Waals surface area (Å²) in [7, 11) is 1.27. The molecule has 2 heterocycles. The molecule has 0 saturated carbocycles. The third kappa shape index (κ3) is 7.19. The third-order valence-electron chi connectivity index (χ3n) is 7.48. The summed E-state index contributed by atoms with van der Waals surface area (Å²) in [5.41, 5.74) is 0.411. The highest BCUT2D eigenvalue weighted by Gasteiger charge is 2.67. The molecule has 2 aliphatic rings. The van der Waals surface area contributed by atoms with E-state index in [-0.39, 0.29) is 30.4 Å². The first-order valence-electron chi connectivity index (χ1n) is 14.4. The van der Waals surface area contributed by atoms with Crippen molar-refractivity contribution in [2.24, 2.45) is 0 Å². The molecule has 244 valence electrons. The molecule has 0 unspecified atom stereocenters. The number of nitro benzene ring substituents is 1. The summed E-state index contributed by atoms with van der Waals surface area (Å²) in [5, 5.41) is 12.6. The number of rotatable bonds is 13. The molecule has 0 spiro atoms. The number of carbonyl (C=O) groups excluding carboxylic acids is 4. The number of benzene rings is 3. The van der Waals surface area contributed by atoms with Crippen molar-refractivity contribution < 1.29 is 43.0 Å². The molecule has 1 fully saturated rings. The fourth-order valence-corrected chi connectivity index (χ4v) is 6.62. The molecule has 14 heteroatoms. The quantitative estimate of drug-likeness (QED) is 0.0935. The summed E-state index contributed by atoms with van der Waals surface area (Å²) in [6, 6.07) is 23.9. The van der Waals surface area contributed by atoms with E-state index in [2.05, 4.69) is 5.32 Å². The fraction of sp³-hybridized carbons (Fsp3) is 0.273. The van der Waals surface area contributed by atoms with Crippen LogP contribution < -0.4 is 5.32 Å². The van der Waals surface area contributed by atoms with E-state index in [1.54, 1.807) is 0 Å². The van der Waals surface area contributed by atoms with Gasteiger partial charge >= 0.3 is 11.9 Å². The van der Waals surface area contributed by atoms with E-state index in [1.807, 2.05) is 60.7 Å². The van der Waals surface area contributed by atoms with Crippen molar-refractivity contribution in [1.82, 2.24) is 10.2 Å². The zero-order valence-electron chi connectivity index (χ0n) is 25.5. The van der Waals surface area contributed by atoms with Crippen molar-refractivity contribution in [2.75, 3.05) is 26.1 Å². The molecule has 1 saturated heterocycles. The van der Waals surface area contributed by atoms with Gasteiger partial charge in [0.2, 0.25) is 5.91 Å². The van der Waals surface area contributed by atoms with Crippen LogP contribution in [0, 0.1) is 10.1 Å². The summed E-state index contributed by atoms with van der Waals surface area (Å²) in [6.07, 6.45) is -0.809. The summed E-state index contributed by atoms with van der Waals surface area (Å²) < 4.78 is 22.3. The zero-order valence-corrected chi connectivity index (χ0v) is 26.3. The Hall–Kier alpha value is -5.05. The Morgan fingerprint density at radius 1 is 1.00 bits per heavy atom. The van der Waals surface area contributed by atoms with Crippen molar-refractivity contribution >= 4 is 41.2 Å². The largest absolute Gasteiger partial charge is 0.461 e. The zero-order chi connectivity index (χ0) is 33.6. The monoisotopic (exact) mass is 661 g/mol. The number of non-ortho nitro benzene ring substituents is 1. The number of methoxy groups -OCH3 is 1. The standard InChI is InChI=1S/C33H31N3O10S/c1-21(37)45-18-25-20-47-32-33(43-2,34-27(38)19-44-17-22-13-15-26(16-14-22)36(41)42)31(40)35(32)28(25)30(39)46-29(23-9-5-3-6-10-23)24-11-7-4-8-12-24/h3-16,29,32H,17-20H2,1-2H3,(H,34,38)/t32-,33+/m0/s1. The average Bonchev–Trinajstić information content (AvgIpc) is 3.08. The summed E-state index contributed by atoms with van der Waals surface area (Å²) >= 11 is 1.22. The molecule has 3 aromatic carbocycles. The molecule has 3 aromatic rings. The van der Waals surface area contributed by atoms with Crippen molar-refractivity contribution in [3.8, 4) is 0 Å². The highest BCUT2D eigenvalue weighted by molar-refractivity contribution is 8.00. The van der Waals surface area contributed by atoms with Gasteiger partial charge in [-0.3, -0.25) is 29.4 Å². The lowest BCUT2D eigenvalue weighted by atomic mass is 9.97. The summed E-state index contributed by atoms with van der Waals surface area (Å²) in [4.78, 5) is 64.0. The highest BCUT2D eigenvalue weighted by atomic mass is 32.2. The van der Waals surface area contributed by atoms with Gasteiger partial charge in [0.1, 0.15) is 24.3 Å². The van der Waals surface area contributed by atoms with Gasteiger partial charge in [0.15, 0.2) is 6.10 Å². The van der Waals surface area contributed by atoms with Crippen molar-refractivity contribution in [1.29, 1.82) is 0 Å². The maximum atomic E-state index is 14.0. The first kappa shape index (κ1) is 33.3. The van der Waals surface area contributed by atoms with Crippen LogP contribution in [-0.4, -0.2) is 70.8 Å². The number of hydrogen-bond acceptors (Lipinski definition) is 11. The molecule has 1 N–H and O–H groups in total. The predicted octanol–water partition coefficient (Wildman–Crippen LogP) is 3.64. The second-order valence-corrected chi connectivity index (χ2v) is 11.7. The molecule has 0 radical (unpaired) electrons. The lowest BCUT2D eigenvalue weighted by molar-refractivity contribution is -0.384. The molecule has 47 heavy (non-hydrogen) atoms. The van der Waals surface area contributed by atoms with E-state index in [9.17, 15) is 29.3 Å².